The van der Waals surface area contributed by atoms with Crippen molar-refractivity contribution in [1.29, 1.82) is 0 Å². The number of hydrogen-bond donors (Lipinski definition) is 1. The monoisotopic (exact) mass is 325 g/mol. The molecule has 1 saturated heterocycles. The minimum atomic E-state index is 0. The molecular weight excluding hydrogens is 302 g/mol. The summed E-state index contributed by atoms with van der Waals surface area (Å²) < 4.78 is 0. The standard InChI is InChI=1S/C16H23NO.BrH/c1-12-8-14-11-16(10-12,6-7-17(14)2)13-4-3-5-15(18)9-13;/h3-5,9,12,14,18H,6-8,10-11H2,1-2H3;1H/t12-,14+,16-;/m0./s1. The summed E-state index contributed by atoms with van der Waals surface area (Å²) >= 11 is 0. The first-order valence-corrected chi connectivity index (χ1v) is 7.09. The number of aromatic hydroxyl groups is 1. The van der Waals surface area contributed by atoms with E-state index in [1.807, 2.05) is 12.1 Å². The average Bonchev–Trinajstić information content (AvgIpc) is 2.34. The van der Waals surface area contributed by atoms with Gasteiger partial charge in [0.2, 0.25) is 0 Å². The SMILES string of the molecule is Br.C[C@H]1C[C@@H]2C[C@](c3cccc(O)c3)(CCN2C)C1. The Morgan fingerprint density at radius 3 is 2.84 bits per heavy atom. The smallest absolute Gasteiger partial charge is 0.115 e. The average molecular weight is 326 g/mol. The summed E-state index contributed by atoms with van der Waals surface area (Å²) in [5.41, 5.74) is 1.67. The summed E-state index contributed by atoms with van der Waals surface area (Å²) in [6.07, 6.45) is 5.10. The molecule has 106 valence electrons. The number of nitrogens with zero attached hydrogens (tertiary/aromatic N) is 1. The minimum Gasteiger partial charge on any atom is -0.508 e. The first-order valence-electron chi connectivity index (χ1n) is 7.09. The van der Waals surface area contributed by atoms with Crippen LogP contribution in [0.4, 0.5) is 0 Å². The van der Waals surface area contributed by atoms with Crippen molar-refractivity contribution in [2.24, 2.45) is 5.92 Å². The van der Waals surface area contributed by atoms with E-state index in [2.05, 4.69) is 24.9 Å². The fraction of sp³-hybridized carbons (Fsp3) is 0.625. The van der Waals surface area contributed by atoms with E-state index >= 15 is 0 Å². The van der Waals surface area contributed by atoms with Crippen molar-refractivity contribution in [3.05, 3.63) is 29.8 Å². The maximum absolute atomic E-state index is 9.75. The summed E-state index contributed by atoms with van der Waals surface area (Å²) in [6.45, 7) is 3.57. The number of halogens is 1. The molecule has 0 spiro atoms. The van der Waals surface area contributed by atoms with Gasteiger partial charge < -0.3 is 10.0 Å². The van der Waals surface area contributed by atoms with Crippen LogP contribution in [-0.4, -0.2) is 29.6 Å². The summed E-state index contributed by atoms with van der Waals surface area (Å²) in [5.74, 6) is 1.20. The topological polar surface area (TPSA) is 23.5 Å². The molecule has 2 aliphatic rings. The highest BCUT2D eigenvalue weighted by Gasteiger charge is 2.44. The Balaban J connectivity index is 0.00000133. The van der Waals surface area contributed by atoms with Gasteiger partial charge in [-0.1, -0.05) is 19.1 Å². The van der Waals surface area contributed by atoms with E-state index in [1.54, 1.807) is 6.07 Å². The van der Waals surface area contributed by atoms with Crippen LogP contribution in [0, 0.1) is 5.92 Å². The predicted molar refractivity (Wildman–Crippen MR) is 84.2 cm³/mol. The van der Waals surface area contributed by atoms with Gasteiger partial charge in [0.05, 0.1) is 0 Å². The van der Waals surface area contributed by atoms with E-state index in [0.29, 0.717) is 11.2 Å². The summed E-state index contributed by atoms with van der Waals surface area (Å²) in [4.78, 5) is 2.52. The number of hydrogen-bond acceptors (Lipinski definition) is 2. The van der Waals surface area contributed by atoms with Gasteiger partial charge in [0.1, 0.15) is 5.75 Å². The van der Waals surface area contributed by atoms with Gasteiger partial charge in [-0.15, -0.1) is 17.0 Å². The van der Waals surface area contributed by atoms with E-state index < -0.39 is 0 Å². The molecule has 0 aromatic heterocycles. The molecule has 2 nitrogen and oxygen atoms in total. The normalized spacial score (nSPS) is 34.6. The van der Waals surface area contributed by atoms with Crippen molar-refractivity contribution < 1.29 is 5.11 Å². The minimum absolute atomic E-state index is 0. The van der Waals surface area contributed by atoms with Crippen molar-refractivity contribution in [3.63, 3.8) is 0 Å². The second-order valence-corrected chi connectivity index (χ2v) is 6.46. The number of phenols is 1. The molecule has 2 fully saturated rings. The van der Waals surface area contributed by atoms with Gasteiger partial charge in [-0.2, -0.15) is 0 Å². The largest absolute Gasteiger partial charge is 0.508 e. The Hall–Kier alpha value is -0.540. The van der Waals surface area contributed by atoms with Crippen LogP contribution in [0.25, 0.3) is 0 Å². The van der Waals surface area contributed by atoms with Crippen LogP contribution in [0.5, 0.6) is 5.75 Å². The quantitative estimate of drug-likeness (QED) is 0.850. The lowest BCUT2D eigenvalue weighted by atomic mass is 9.61. The molecule has 19 heavy (non-hydrogen) atoms. The van der Waals surface area contributed by atoms with Crippen LogP contribution >= 0.6 is 17.0 Å². The molecule has 3 heteroatoms. The molecule has 1 heterocycles. The Kier molecular flexibility index (Phi) is 4.26. The van der Waals surface area contributed by atoms with Crippen LogP contribution < -0.4 is 0 Å². The lowest BCUT2D eigenvalue weighted by Gasteiger charge is -2.52. The Morgan fingerprint density at radius 2 is 2.11 bits per heavy atom. The molecule has 1 saturated carbocycles. The van der Waals surface area contributed by atoms with E-state index in [-0.39, 0.29) is 17.0 Å². The van der Waals surface area contributed by atoms with Gasteiger partial charge in [-0.3, -0.25) is 0 Å². The van der Waals surface area contributed by atoms with Crippen LogP contribution in [0.1, 0.15) is 38.2 Å². The molecule has 0 radical (unpaired) electrons. The van der Waals surface area contributed by atoms with E-state index in [9.17, 15) is 5.11 Å². The van der Waals surface area contributed by atoms with E-state index in [4.69, 9.17) is 0 Å². The van der Waals surface area contributed by atoms with Gasteiger partial charge in [-0.25, -0.2) is 0 Å². The first kappa shape index (κ1) is 14.9. The molecule has 1 aliphatic heterocycles. The van der Waals surface area contributed by atoms with Crippen molar-refractivity contribution in [2.45, 2.75) is 44.1 Å². The van der Waals surface area contributed by atoms with E-state index in [1.165, 1.54) is 37.8 Å². The van der Waals surface area contributed by atoms with Gasteiger partial charge >= 0.3 is 0 Å². The number of rotatable bonds is 1. The molecule has 1 aliphatic carbocycles. The van der Waals surface area contributed by atoms with Gasteiger partial charge in [0, 0.05) is 6.04 Å². The predicted octanol–water partition coefficient (Wildman–Crippen LogP) is 3.73. The summed E-state index contributed by atoms with van der Waals surface area (Å²) in [5, 5.41) is 9.75. The number of phenolic OH excluding ortho intramolecular Hbond substituents is 1. The second-order valence-electron chi connectivity index (χ2n) is 6.46. The third-order valence-corrected chi connectivity index (χ3v) is 5.06. The van der Waals surface area contributed by atoms with E-state index in [0.717, 1.165) is 12.0 Å². The number of benzene rings is 1. The van der Waals surface area contributed by atoms with Gasteiger partial charge in [0.25, 0.3) is 0 Å². The second kappa shape index (κ2) is 5.45. The van der Waals surface area contributed by atoms with Gasteiger partial charge in [-0.05, 0) is 68.3 Å². The van der Waals surface area contributed by atoms with Crippen LogP contribution in [-0.2, 0) is 5.41 Å². The number of likely N-dealkylation sites (tertiary alicyclic amines) is 1. The molecule has 0 amide bonds. The molecule has 1 aromatic rings. The Labute approximate surface area is 126 Å². The molecule has 3 atom stereocenters. The highest BCUT2D eigenvalue weighted by Crippen LogP contribution is 2.48. The first-order chi connectivity index (χ1) is 8.59. The summed E-state index contributed by atoms with van der Waals surface area (Å²) in [7, 11) is 2.26. The van der Waals surface area contributed by atoms with Crippen LogP contribution in [0.2, 0.25) is 0 Å². The molecule has 2 bridgehead atoms. The zero-order valence-corrected chi connectivity index (χ0v) is 13.5. The molecule has 1 aromatic carbocycles. The molecular formula is C16H24BrNO. The van der Waals surface area contributed by atoms with Crippen molar-refractivity contribution in [3.8, 4) is 5.75 Å². The lowest BCUT2D eigenvalue weighted by Crippen LogP contribution is -2.52. The van der Waals surface area contributed by atoms with Crippen molar-refractivity contribution in [1.82, 2.24) is 4.90 Å². The Bertz CT molecular complexity index is 450. The highest BCUT2D eigenvalue weighted by molar-refractivity contribution is 8.93. The van der Waals surface area contributed by atoms with Crippen LogP contribution in [0.3, 0.4) is 0 Å². The van der Waals surface area contributed by atoms with Crippen molar-refractivity contribution in [2.75, 3.05) is 13.6 Å². The Morgan fingerprint density at radius 1 is 1.32 bits per heavy atom. The molecule has 1 N–H and O–H groups in total. The van der Waals surface area contributed by atoms with Crippen molar-refractivity contribution >= 4 is 17.0 Å². The molecule has 3 rings (SSSR count). The summed E-state index contributed by atoms with van der Waals surface area (Å²) in [6, 6.07) is 8.69. The molecule has 0 unspecified atom stereocenters. The number of piperidine rings is 1. The van der Waals surface area contributed by atoms with Crippen LogP contribution in [0.15, 0.2) is 24.3 Å². The third-order valence-electron chi connectivity index (χ3n) is 5.06. The fourth-order valence-corrected chi connectivity index (χ4v) is 4.16. The third kappa shape index (κ3) is 2.68. The maximum Gasteiger partial charge on any atom is 0.115 e. The van der Waals surface area contributed by atoms with Gasteiger partial charge in [0.15, 0.2) is 0 Å². The lowest BCUT2D eigenvalue weighted by molar-refractivity contribution is 0.0466. The zero-order valence-electron chi connectivity index (χ0n) is 11.8. The fourth-order valence-electron chi connectivity index (χ4n) is 4.16. The number of fused-ring (bicyclic) bond motifs is 2. The maximum atomic E-state index is 9.75. The zero-order chi connectivity index (χ0) is 12.8. The highest BCUT2D eigenvalue weighted by atomic mass is 79.9.